The zero-order valence-corrected chi connectivity index (χ0v) is 7.55. The van der Waals surface area contributed by atoms with Gasteiger partial charge >= 0.3 is 5.97 Å². The first-order chi connectivity index (χ1) is 5.70. The van der Waals surface area contributed by atoms with Crippen molar-refractivity contribution in [1.82, 2.24) is 0 Å². The van der Waals surface area contributed by atoms with Crippen molar-refractivity contribution in [2.75, 3.05) is 0 Å². The number of rotatable bonds is 2. The Hall–Kier alpha value is -0.530. The normalized spacial score (nSPS) is 45.1. The van der Waals surface area contributed by atoms with Gasteiger partial charge in [-0.3, -0.25) is 4.79 Å². The van der Waals surface area contributed by atoms with Gasteiger partial charge in [-0.2, -0.15) is 0 Å². The lowest BCUT2D eigenvalue weighted by Crippen LogP contribution is -2.14. The molecule has 2 saturated carbocycles. The van der Waals surface area contributed by atoms with Crippen molar-refractivity contribution < 1.29 is 9.90 Å². The minimum absolute atomic E-state index is 0.00458. The highest BCUT2D eigenvalue weighted by Crippen LogP contribution is 2.66. The van der Waals surface area contributed by atoms with E-state index < -0.39 is 5.97 Å². The zero-order chi connectivity index (χ0) is 8.77. The summed E-state index contributed by atoms with van der Waals surface area (Å²) in [5, 5.41) is 8.89. The highest BCUT2D eigenvalue weighted by Gasteiger charge is 2.63. The molecule has 2 nitrogen and oxygen atoms in total. The van der Waals surface area contributed by atoms with Gasteiger partial charge in [0.05, 0.1) is 5.92 Å². The van der Waals surface area contributed by atoms with Crippen LogP contribution >= 0.6 is 0 Å². The standard InChI is InChI=1S/C10H16O2/c1-2-7-4-3-5-10(7)6-8(10)9(11)12/h7-8H,2-6H2,1H3,(H,11,12). The molecule has 3 unspecified atom stereocenters. The number of carboxylic acids is 1. The van der Waals surface area contributed by atoms with E-state index in [9.17, 15) is 4.79 Å². The molecule has 2 aliphatic rings. The third kappa shape index (κ3) is 0.900. The average Bonchev–Trinajstić information content (AvgIpc) is 2.57. The van der Waals surface area contributed by atoms with E-state index in [1.165, 1.54) is 25.7 Å². The van der Waals surface area contributed by atoms with Crippen molar-refractivity contribution in [3.63, 3.8) is 0 Å². The predicted molar refractivity (Wildman–Crippen MR) is 45.8 cm³/mol. The summed E-state index contributed by atoms with van der Waals surface area (Å²) < 4.78 is 0. The lowest BCUT2D eigenvalue weighted by atomic mass is 9.88. The Morgan fingerprint density at radius 2 is 2.42 bits per heavy atom. The van der Waals surface area contributed by atoms with Crippen molar-refractivity contribution in [2.45, 2.75) is 39.0 Å². The first-order valence-corrected chi connectivity index (χ1v) is 4.93. The molecule has 3 atom stereocenters. The van der Waals surface area contributed by atoms with Gasteiger partial charge in [0, 0.05) is 0 Å². The van der Waals surface area contributed by atoms with Gasteiger partial charge in [0.15, 0.2) is 0 Å². The molecule has 0 aromatic rings. The van der Waals surface area contributed by atoms with Gasteiger partial charge in [0.25, 0.3) is 0 Å². The van der Waals surface area contributed by atoms with Crippen molar-refractivity contribution in [3.05, 3.63) is 0 Å². The molecule has 1 spiro atoms. The lowest BCUT2D eigenvalue weighted by Gasteiger charge is -2.16. The Morgan fingerprint density at radius 1 is 1.67 bits per heavy atom. The molecular weight excluding hydrogens is 152 g/mol. The van der Waals surface area contributed by atoms with Crippen LogP contribution in [0.5, 0.6) is 0 Å². The van der Waals surface area contributed by atoms with E-state index in [-0.39, 0.29) is 11.3 Å². The summed E-state index contributed by atoms with van der Waals surface area (Å²) in [5.74, 6) is 0.152. The van der Waals surface area contributed by atoms with Gasteiger partial charge in [-0.15, -0.1) is 0 Å². The Labute approximate surface area is 73.0 Å². The van der Waals surface area contributed by atoms with Crippen LogP contribution in [0.3, 0.4) is 0 Å². The van der Waals surface area contributed by atoms with Gasteiger partial charge in [-0.25, -0.2) is 0 Å². The van der Waals surface area contributed by atoms with E-state index in [1.54, 1.807) is 0 Å². The quantitative estimate of drug-likeness (QED) is 0.686. The second-order valence-electron chi connectivity index (χ2n) is 4.33. The van der Waals surface area contributed by atoms with Gasteiger partial charge in [-0.1, -0.05) is 19.8 Å². The minimum Gasteiger partial charge on any atom is -0.481 e. The smallest absolute Gasteiger partial charge is 0.307 e. The summed E-state index contributed by atoms with van der Waals surface area (Å²) in [6, 6.07) is 0. The third-order valence-electron chi connectivity index (χ3n) is 3.92. The molecule has 0 heterocycles. The van der Waals surface area contributed by atoms with Crippen molar-refractivity contribution >= 4 is 5.97 Å². The number of aliphatic carboxylic acids is 1. The first kappa shape index (κ1) is 8.09. The zero-order valence-electron chi connectivity index (χ0n) is 7.55. The van der Waals surface area contributed by atoms with Crippen LogP contribution in [0, 0.1) is 17.3 Å². The number of carbonyl (C=O) groups is 1. The summed E-state index contributed by atoms with van der Waals surface area (Å²) in [6.07, 6.45) is 5.82. The second kappa shape index (κ2) is 2.48. The molecule has 68 valence electrons. The van der Waals surface area contributed by atoms with Gasteiger partial charge in [0.2, 0.25) is 0 Å². The van der Waals surface area contributed by atoms with Crippen molar-refractivity contribution in [3.8, 4) is 0 Å². The first-order valence-electron chi connectivity index (χ1n) is 4.93. The monoisotopic (exact) mass is 168 g/mol. The number of hydrogen-bond donors (Lipinski definition) is 1. The SMILES string of the molecule is CCC1CCCC12CC2C(=O)O. The van der Waals surface area contributed by atoms with E-state index in [2.05, 4.69) is 6.92 Å². The van der Waals surface area contributed by atoms with Crippen molar-refractivity contribution in [1.29, 1.82) is 0 Å². The second-order valence-corrected chi connectivity index (χ2v) is 4.33. The van der Waals surface area contributed by atoms with Crippen LogP contribution < -0.4 is 0 Å². The largest absolute Gasteiger partial charge is 0.481 e. The molecule has 1 N–H and O–H groups in total. The predicted octanol–water partition coefficient (Wildman–Crippen LogP) is 2.29. The fourth-order valence-electron chi connectivity index (χ4n) is 3.16. The highest BCUT2D eigenvalue weighted by atomic mass is 16.4. The van der Waals surface area contributed by atoms with Gasteiger partial charge in [0.1, 0.15) is 0 Å². The molecule has 2 rings (SSSR count). The van der Waals surface area contributed by atoms with Crippen LogP contribution in [-0.4, -0.2) is 11.1 Å². The third-order valence-corrected chi connectivity index (χ3v) is 3.92. The summed E-state index contributed by atoms with van der Waals surface area (Å²) in [5.41, 5.74) is 0.251. The summed E-state index contributed by atoms with van der Waals surface area (Å²) in [6.45, 7) is 2.19. The van der Waals surface area contributed by atoms with E-state index in [1.807, 2.05) is 0 Å². The number of carboxylic acid groups (broad SMARTS) is 1. The van der Waals surface area contributed by atoms with Crippen molar-refractivity contribution in [2.24, 2.45) is 17.3 Å². The van der Waals surface area contributed by atoms with Crippen LogP contribution in [0.2, 0.25) is 0 Å². The molecule has 0 aliphatic heterocycles. The molecular formula is C10H16O2. The molecule has 0 amide bonds. The molecule has 12 heavy (non-hydrogen) atoms. The Kier molecular flexibility index (Phi) is 1.67. The fourth-order valence-corrected chi connectivity index (χ4v) is 3.16. The number of hydrogen-bond acceptors (Lipinski definition) is 1. The minimum atomic E-state index is -0.560. The van der Waals surface area contributed by atoms with Crippen LogP contribution in [0.4, 0.5) is 0 Å². The molecule has 0 radical (unpaired) electrons. The van der Waals surface area contributed by atoms with Crippen LogP contribution in [-0.2, 0) is 4.79 Å². The maximum absolute atomic E-state index is 10.8. The fraction of sp³-hybridized carbons (Fsp3) is 0.900. The van der Waals surface area contributed by atoms with E-state index >= 15 is 0 Å². The molecule has 2 aliphatic carbocycles. The maximum atomic E-state index is 10.8. The maximum Gasteiger partial charge on any atom is 0.307 e. The highest BCUT2D eigenvalue weighted by molar-refractivity contribution is 5.75. The van der Waals surface area contributed by atoms with E-state index in [4.69, 9.17) is 5.11 Å². The molecule has 0 aromatic heterocycles. The van der Waals surface area contributed by atoms with Gasteiger partial charge < -0.3 is 5.11 Å². The molecule has 0 saturated heterocycles. The topological polar surface area (TPSA) is 37.3 Å². The Bertz CT molecular complexity index is 212. The Morgan fingerprint density at radius 3 is 2.92 bits per heavy atom. The van der Waals surface area contributed by atoms with Crippen LogP contribution in [0.25, 0.3) is 0 Å². The lowest BCUT2D eigenvalue weighted by molar-refractivity contribution is -0.139. The average molecular weight is 168 g/mol. The summed E-state index contributed by atoms with van der Waals surface area (Å²) >= 11 is 0. The van der Waals surface area contributed by atoms with E-state index in [0.29, 0.717) is 5.92 Å². The molecule has 2 fully saturated rings. The Balaban J connectivity index is 2.09. The molecule has 0 aromatic carbocycles. The van der Waals surface area contributed by atoms with Gasteiger partial charge in [-0.05, 0) is 30.6 Å². The summed E-state index contributed by atoms with van der Waals surface area (Å²) in [4.78, 5) is 10.8. The van der Waals surface area contributed by atoms with Crippen LogP contribution in [0.1, 0.15) is 39.0 Å². The summed E-state index contributed by atoms with van der Waals surface area (Å²) in [7, 11) is 0. The van der Waals surface area contributed by atoms with E-state index in [0.717, 1.165) is 6.42 Å². The van der Waals surface area contributed by atoms with Crippen LogP contribution in [0.15, 0.2) is 0 Å². The molecule has 0 bridgehead atoms. The molecule has 2 heteroatoms.